The Morgan fingerprint density at radius 3 is 2.43 bits per heavy atom. The van der Waals surface area contributed by atoms with Crippen molar-refractivity contribution >= 4 is 5.91 Å². The van der Waals surface area contributed by atoms with Gasteiger partial charge in [0, 0.05) is 12.5 Å². The first kappa shape index (κ1) is 18.9. The van der Waals surface area contributed by atoms with Crippen LogP contribution in [0.1, 0.15) is 18.8 Å². The average Bonchev–Trinajstić information content (AvgIpc) is 2.72. The average molecular weight is 385 g/mol. The van der Waals surface area contributed by atoms with Crippen LogP contribution < -0.4 is 10.1 Å². The Bertz CT molecular complexity index is 786. The summed E-state index contributed by atoms with van der Waals surface area (Å²) in [6, 6.07) is 17.8. The minimum Gasteiger partial charge on any atom is -0.463 e. The van der Waals surface area contributed by atoms with E-state index in [0.717, 1.165) is 5.56 Å². The van der Waals surface area contributed by atoms with Gasteiger partial charge in [0.2, 0.25) is 12.2 Å². The molecule has 0 unspecified atom stereocenters. The summed E-state index contributed by atoms with van der Waals surface area (Å²) in [5.74, 6) is 0.285. The van der Waals surface area contributed by atoms with E-state index in [4.69, 9.17) is 18.9 Å². The zero-order chi connectivity index (χ0) is 19.5. The Balaban J connectivity index is 1.53. The van der Waals surface area contributed by atoms with Crippen molar-refractivity contribution in [1.82, 2.24) is 5.32 Å². The van der Waals surface area contributed by atoms with E-state index in [1.807, 2.05) is 48.5 Å². The van der Waals surface area contributed by atoms with Crippen molar-refractivity contribution in [2.75, 3.05) is 6.61 Å². The van der Waals surface area contributed by atoms with Crippen molar-refractivity contribution in [1.29, 1.82) is 0 Å². The standard InChI is InChI=1S/C21H23NO6/c1-13(23)22-17-18(24)19-16(27-21(17)26-15-10-6-3-7-11-15)12-25-20(28-19)14-8-4-2-5-9-14/h2-11,16-21,24H,12H2,1H3,(H,22,23)/t16-,17+,18-,19+,20+,21-/m1/s1. The van der Waals surface area contributed by atoms with Gasteiger partial charge in [0.05, 0.1) is 6.61 Å². The molecule has 148 valence electrons. The van der Waals surface area contributed by atoms with Gasteiger partial charge in [0.15, 0.2) is 6.29 Å². The summed E-state index contributed by atoms with van der Waals surface area (Å²) in [7, 11) is 0. The number of aliphatic hydroxyl groups is 1. The van der Waals surface area contributed by atoms with Gasteiger partial charge in [-0.3, -0.25) is 4.79 Å². The van der Waals surface area contributed by atoms with Crippen molar-refractivity contribution in [3.8, 4) is 5.75 Å². The monoisotopic (exact) mass is 385 g/mol. The number of ether oxygens (including phenoxy) is 4. The number of aliphatic hydroxyl groups excluding tert-OH is 1. The molecule has 7 nitrogen and oxygen atoms in total. The van der Waals surface area contributed by atoms with Crippen LogP contribution in [0.3, 0.4) is 0 Å². The summed E-state index contributed by atoms with van der Waals surface area (Å²) in [6.07, 6.45) is -3.68. The molecule has 2 saturated heterocycles. The largest absolute Gasteiger partial charge is 0.463 e. The second-order valence-electron chi connectivity index (χ2n) is 6.87. The van der Waals surface area contributed by atoms with E-state index < -0.39 is 36.9 Å². The molecular formula is C21H23NO6. The topological polar surface area (TPSA) is 86.3 Å². The molecular weight excluding hydrogens is 362 g/mol. The molecule has 2 aromatic carbocycles. The van der Waals surface area contributed by atoms with Crippen molar-refractivity contribution in [3.63, 3.8) is 0 Å². The molecule has 1 amide bonds. The highest BCUT2D eigenvalue weighted by Crippen LogP contribution is 2.34. The van der Waals surface area contributed by atoms with Gasteiger partial charge in [-0.05, 0) is 12.1 Å². The molecule has 0 bridgehead atoms. The molecule has 2 N–H and O–H groups in total. The Labute approximate surface area is 163 Å². The number of amides is 1. The number of hydrogen-bond acceptors (Lipinski definition) is 6. The number of rotatable bonds is 4. The lowest BCUT2D eigenvalue weighted by molar-refractivity contribution is -0.333. The lowest BCUT2D eigenvalue weighted by Crippen LogP contribution is -2.67. The Morgan fingerprint density at radius 2 is 1.75 bits per heavy atom. The maximum absolute atomic E-state index is 11.7. The van der Waals surface area contributed by atoms with Crippen LogP contribution >= 0.6 is 0 Å². The van der Waals surface area contributed by atoms with Gasteiger partial charge < -0.3 is 29.4 Å². The third-order valence-electron chi connectivity index (χ3n) is 4.80. The van der Waals surface area contributed by atoms with Gasteiger partial charge in [-0.1, -0.05) is 48.5 Å². The number of para-hydroxylation sites is 1. The Morgan fingerprint density at radius 1 is 1.07 bits per heavy atom. The molecule has 2 aliphatic rings. The lowest BCUT2D eigenvalue weighted by atomic mass is 9.95. The van der Waals surface area contributed by atoms with Gasteiger partial charge in [-0.15, -0.1) is 0 Å². The van der Waals surface area contributed by atoms with Crippen LogP contribution in [0.5, 0.6) is 5.75 Å². The number of hydrogen-bond donors (Lipinski definition) is 2. The number of fused-ring (bicyclic) bond motifs is 1. The number of nitrogens with one attached hydrogen (secondary N) is 1. The van der Waals surface area contributed by atoms with Gasteiger partial charge in [0.25, 0.3) is 0 Å². The van der Waals surface area contributed by atoms with E-state index in [-0.39, 0.29) is 12.5 Å². The van der Waals surface area contributed by atoms with E-state index in [1.54, 1.807) is 12.1 Å². The van der Waals surface area contributed by atoms with E-state index >= 15 is 0 Å². The summed E-state index contributed by atoms with van der Waals surface area (Å²) in [5.41, 5.74) is 0.854. The summed E-state index contributed by atoms with van der Waals surface area (Å²) >= 11 is 0. The molecule has 4 rings (SSSR count). The second-order valence-corrected chi connectivity index (χ2v) is 6.87. The van der Waals surface area contributed by atoms with Crippen molar-refractivity contribution < 1.29 is 28.8 Å². The predicted molar refractivity (Wildman–Crippen MR) is 99.4 cm³/mol. The van der Waals surface area contributed by atoms with E-state index in [9.17, 15) is 9.90 Å². The highest BCUT2D eigenvalue weighted by atomic mass is 16.7. The zero-order valence-electron chi connectivity index (χ0n) is 15.4. The summed E-state index contributed by atoms with van der Waals surface area (Å²) in [5, 5.41) is 13.7. The molecule has 7 heteroatoms. The SMILES string of the molecule is CC(=O)N[C@@H]1[C@H](Oc2ccccc2)O[C@@H]2CO[C@H](c3ccccc3)O[C@@H]2[C@@H]1O. The lowest BCUT2D eigenvalue weighted by Gasteiger charge is -2.47. The molecule has 0 saturated carbocycles. The fourth-order valence-electron chi connectivity index (χ4n) is 3.49. The molecule has 0 radical (unpaired) electrons. The molecule has 2 aromatic rings. The number of carbonyl (C=O) groups is 1. The van der Waals surface area contributed by atoms with E-state index in [0.29, 0.717) is 5.75 Å². The second kappa shape index (κ2) is 8.28. The Hall–Kier alpha value is -2.45. The Kier molecular flexibility index (Phi) is 5.59. The highest BCUT2D eigenvalue weighted by molar-refractivity contribution is 5.73. The molecule has 28 heavy (non-hydrogen) atoms. The molecule has 6 atom stereocenters. The number of carbonyl (C=O) groups excluding carboxylic acids is 1. The van der Waals surface area contributed by atoms with Crippen LogP contribution in [0.2, 0.25) is 0 Å². The van der Waals surface area contributed by atoms with E-state index in [1.165, 1.54) is 6.92 Å². The van der Waals surface area contributed by atoms with Gasteiger partial charge in [0.1, 0.15) is 30.1 Å². The van der Waals surface area contributed by atoms with Gasteiger partial charge >= 0.3 is 0 Å². The first-order chi connectivity index (χ1) is 13.6. The van der Waals surface area contributed by atoms with Crippen LogP contribution in [-0.2, 0) is 19.0 Å². The smallest absolute Gasteiger partial charge is 0.223 e. The third-order valence-corrected chi connectivity index (χ3v) is 4.80. The molecule has 0 aromatic heterocycles. The van der Waals surface area contributed by atoms with Crippen LogP contribution in [0.4, 0.5) is 0 Å². The zero-order valence-corrected chi connectivity index (χ0v) is 15.4. The van der Waals surface area contributed by atoms with Crippen LogP contribution in [-0.4, -0.2) is 48.3 Å². The minimum absolute atomic E-state index is 0.239. The summed E-state index contributed by atoms with van der Waals surface area (Å²) in [6.45, 7) is 1.62. The quantitative estimate of drug-likeness (QED) is 0.834. The molecule has 0 aliphatic carbocycles. The van der Waals surface area contributed by atoms with E-state index in [2.05, 4.69) is 5.32 Å². The highest BCUT2D eigenvalue weighted by Gasteiger charge is 2.50. The predicted octanol–water partition coefficient (Wildman–Crippen LogP) is 1.77. The summed E-state index contributed by atoms with van der Waals surface area (Å²) in [4.78, 5) is 11.7. The van der Waals surface area contributed by atoms with Gasteiger partial charge in [-0.2, -0.15) is 0 Å². The third kappa shape index (κ3) is 4.02. The summed E-state index contributed by atoms with van der Waals surface area (Å²) < 4.78 is 23.7. The fourth-order valence-corrected chi connectivity index (χ4v) is 3.49. The van der Waals surface area contributed by atoms with Crippen molar-refractivity contribution in [2.45, 2.75) is 43.9 Å². The maximum Gasteiger partial charge on any atom is 0.223 e. The molecule has 2 heterocycles. The van der Waals surface area contributed by atoms with Crippen LogP contribution in [0.15, 0.2) is 60.7 Å². The van der Waals surface area contributed by atoms with Crippen LogP contribution in [0.25, 0.3) is 0 Å². The fraction of sp³-hybridized carbons (Fsp3) is 0.381. The molecule has 2 fully saturated rings. The van der Waals surface area contributed by atoms with Gasteiger partial charge in [-0.25, -0.2) is 0 Å². The maximum atomic E-state index is 11.7. The first-order valence-electron chi connectivity index (χ1n) is 9.26. The first-order valence-corrected chi connectivity index (χ1v) is 9.26. The molecule has 2 aliphatic heterocycles. The van der Waals surface area contributed by atoms with Crippen LogP contribution in [0, 0.1) is 0 Å². The number of benzene rings is 2. The minimum atomic E-state index is -1.02. The van der Waals surface area contributed by atoms with Crippen molar-refractivity contribution in [2.24, 2.45) is 0 Å². The van der Waals surface area contributed by atoms with Crippen molar-refractivity contribution in [3.05, 3.63) is 66.2 Å². The molecule has 0 spiro atoms. The normalized spacial score (nSPS) is 32.2.